The summed E-state index contributed by atoms with van der Waals surface area (Å²) >= 11 is 3.48. The molecular weight excluding hydrogens is 360 g/mol. The van der Waals surface area contributed by atoms with Crippen LogP contribution in [0.15, 0.2) is 83.5 Å². The van der Waals surface area contributed by atoms with Crippen molar-refractivity contribution in [1.82, 2.24) is 9.38 Å². The average Bonchev–Trinajstić information content (AvgIpc) is 3.06. The molecule has 2 heterocycles. The molecule has 114 valence electrons. The predicted molar refractivity (Wildman–Crippen MR) is 103 cm³/mol. The van der Waals surface area contributed by atoms with Gasteiger partial charge in [0.25, 0.3) is 0 Å². The first kappa shape index (κ1) is 13.8. The minimum atomic E-state index is 0.968. The molecule has 2 aromatic heterocycles. The second-order valence-corrected chi connectivity index (χ2v) is 6.83. The normalized spacial score (nSPS) is 11.5. The summed E-state index contributed by atoms with van der Waals surface area (Å²) in [5.41, 5.74) is 4.26. The van der Waals surface area contributed by atoms with Gasteiger partial charge in [-0.1, -0.05) is 58.4 Å². The lowest BCUT2D eigenvalue weighted by atomic mass is 10.1. The van der Waals surface area contributed by atoms with Crippen molar-refractivity contribution in [2.75, 3.05) is 0 Å². The second kappa shape index (κ2) is 5.18. The zero-order chi connectivity index (χ0) is 16.1. The van der Waals surface area contributed by atoms with Gasteiger partial charge >= 0.3 is 0 Å². The highest BCUT2D eigenvalue weighted by atomic mass is 79.9. The molecule has 0 bridgehead atoms. The Labute approximate surface area is 147 Å². The molecule has 0 atom stereocenters. The Hall–Kier alpha value is -2.65. The summed E-state index contributed by atoms with van der Waals surface area (Å²) in [4.78, 5) is 4.79. The van der Waals surface area contributed by atoms with Crippen molar-refractivity contribution >= 4 is 43.3 Å². The third-order valence-electron chi connectivity index (χ3n) is 4.48. The highest BCUT2D eigenvalue weighted by Gasteiger charge is 2.08. The summed E-state index contributed by atoms with van der Waals surface area (Å²) in [5, 5.41) is 3.79. The molecule has 24 heavy (non-hydrogen) atoms. The quantitative estimate of drug-likeness (QED) is 0.326. The predicted octanol–water partition coefficient (Wildman–Crippen LogP) is 6.07. The number of nitrogens with zero attached hydrogens (tertiary/aromatic N) is 2. The van der Waals surface area contributed by atoms with Crippen molar-refractivity contribution in [2.45, 2.75) is 0 Å². The van der Waals surface area contributed by atoms with E-state index in [2.05, 4.69) is 87.2 Å². The van der Waals surface area contributed by atoms with Crippen molar-refractivity contribution in [3.8, 4) is 11.3 Å². The van der Waals surface area contributed by atoms with Crippen LogP contribution in [-0.2, 0) is 0 Å². The molecule has 3 heteroatoms. The van der Waals surface area contributed by atoms with Crippen LogP contribution in [0, 0.1) is 0 Å². The highest BCUT2D eigenvalue weighted by Crippen LogP contribution is 2.28. The molecule has 5 aromatic rings. The van der Waals surface area contributed by atoms with Crippen LogP contribution in [0.4, 0.5) is 0 Å². The lowest BCUT2D eigenvalue weighted by molar-refractivity contribution is 1.26. The largest absolute Gasteiger partial charge is 0.299 e. The maximum absolute atomic E-state index is 4.79. The number of halogens is 1. The number of fused-ring (bicyclic) bond motifs is 5. The van der Waals surface area contributed by atoms with E-state index in [1.165, 1.54) is 21.7 Å². The summed E-state index contributed by atoms with van der Waals surface area (Å²) in [5.74, 6) is 0. The average molecular weight is 373 g/mol. The number of aromatic nitrogens is 2. The number of imidazole rings is 1. The molecule has 3 aromatic carbocycles. The molecule has 0 aliphatic heterocycles. The van der Waals surface area contributed by atoms with Crippen LogP contribution in [0.2, 0.25) is 0 Å². The number of benzene rings is 3. The van der Waals surface area contributed by atoms with Gasteiger partial charge in [0, 0.05) is 21.6 Å². The zero-order valence-corrected chi connectivity index (χ0v) is 14.4. The molecule has 0 amide bonds. The molecule has 0 unspecified atom stereocenters. The van der Waals surface area contributed by atoms with E-state index in [1.54, 1.807) is 0 Å². The first-order chi connectivity index (χ1) is 11.8. The lowest BCUT2D eigenvalue weighted by Crippen LogP contribution is -1.87. The summed E-state index contributed by atoms with van der Waals surface area (Å²) < 4.78 is 3.26. The van der Waals surface area contributed by atoms with E-state index < -0.39 is 0 Å². The fourth-order valence-electron chi connectivity index (χ4n) is 3.29. The molecule has 0 fully saturated rings. The van der Waals surface area contributed by atoms with Crippen molar-refractivity contribution in [2.24, 2.45) is 0 Å². The lowest BCUT2D eigenvalue weighted by Gasteiger charge is -2.05. The molecule has 2 nitrogen and oxygen atoms in total. The number of hydrogen-bond donors (Lipinski definition) is 0. The zero-order valence-electron chi connectivity index (χ0n) is 12.8. The van der Waals surface area contributed by atoms with Gasteiger partial charge in [-0.05, 0) is 41.1 Å². The van der Waals surface area contributed by atoms with Crippen LogP contribution >= 0.6 is 15.9 Å². The van der Waals surface area contributed by atoms with Crippen LogP contribution in [0.1, 0.15) is 0 Å². The fraction of sp³-hybridized carbons (Fsp3) is 0. The Morgan fingerprint density at radius 3 is 2.46 bits per heavy atom. The van der Waals surface area contributed by atoms with Gasteiger partial charge in [0.2, 0.25) is 0 Å². The number of rotatable bonds is 1. The van der Waals surface area contributed by atoms with Gasteiger partial charge in [-0.2, -0.15) is 0 Å². The van der Waals surface area contributed by atoms with Gasteiger partial charge in [-0.3, -0.25) is 4.40 Å². The minimum absolute atomic E-state index is 0.968. The minimum Gasteiger partial charge on any atom is -0.299 e. The van der Waals surface area contributed by atoms with Crippen LogP contribution in [0.5, 0.6) is 0 Å². The second-order valence-electron chi connectivity index (χ2n) is 5.91. The SMILES string of the molecule is Brc1ccc(-c2cn3c(ccc4c5ccccc5ccc43)n2)cc1. The number of hydrogen-bond acceptors (Lipinski definition) is 1. The van der Waals surface area contributed by atoms with E-state index in [4.69, 9.17) is 4.98 Å². The topological polar surface area (TPSA) is 17.3 Å². The van der Waals surface area contributed by atoms with Gasteiger partial charge in [0.15, 0.2) is 0 Å². The molecule has 0 aliphatic carbocycles. The van der Waals surface area contributed by atoms with Gasteiger partial charge in [0.1, 0.15) is 5.65 Å². The maximum Gasteiger partial charge on any atom is 0.137 e. The molecule has 0 spiro atoms. The molecule has 0 N–H and O–H groups in total. The Morgan fingerprint density at radius 1 is 0.750 bits per heavy atom. The highest BCUT2D eigenvalue weighted by molar-refractivity contribution is 9.10. The van der Waals surface area contributed by atoms with Gasteiger partial charge in [0.05, 0.1) is 11.2 Å². The van der Waals surface area contributed by atoms with Crippen molar-refractivity contribution in [3.05, 3.63) is 83.5 Å². The van der Waals surface area contributed by atoms with Crippen LogP contribution in [0.25, 0.3) is 38.6 Å². The third kappa shape index (κ3) is 2.05. The van der Waals surface area contributed by atoms with Crippen LogP contribution in [0.3, 0.4) is 0 Å². The van der Waals surface area contributed by atoms with Crippen LogP contribution in [-0.4, -0.2) is 9.38 Å². The summed E-state index contributed by atoms with van der Waals surface area (Å²) in [6.07, 6.45) is 2.12. The Kier molecular flexibility index (Phi) is 2.97. The van der Waals surface area contributed by atoms with Gasteiger partial charge < -0.3 is 0 Å². The summed E-state index contributed by atoms with van der Waals surface area (Å²) in [6.45, 7) is 0. The molecule has 0 radical (unpaired) electrons. The van der Waals surface area contributed by atoms with Gasteiger partial charge in [-0.25, -0.2) is 4.98 Å². The first-order valence-corrected chi connectivity index (χ1v) is 8.64. The van der Waals surface area contributed by atoms with E-state index in [9.17, 15) is 0 Å². The molecule has 0 saturated carbocycles. The van der Waals surface area contributed by atoms with E-state index in [-0.39, 0.29) is 0 Å². The Bertz CT molecular complexity index is 1200. The Morgan fingerprint density at radius 2 is 1.58 bits per heavy atom. The van der Waals surface area contributed by atoms with E-state index in [1.807, 2.05) is 12.1 Å². The van der Waals surface area contributed by atoms with E-state index in [0.29, 0.717) is 0 Å². The number of pyridine rings is 1. The molecule has 0 aliphatic rings. The fourth-order valence-corrected chi connectivity index (χ4v) is 3.56. The molecular formula is C21H13BrN2. The van der Waals surface area contributed by atoms with Crippen molar-refractivity contribution < 1.29 is 0 Å². The van der Waals surface area contributed by atoms with Crippen molar-refractivity contribution in [3.63, 3.8) is 0 Å². The maximum atomic E-state index is 4.79. The van der Waals surface area contributed by atoms with E-state index in [0.717, 1.165) is 21.4 Å². The Balaban J connectivity index is 1.81. The third-order valence-corrected chi connectivity index (χ3v) is 5.01. The van der Waals surface area contributed by atoms with E-state index >= 15 is 0 Å². The van der Waals surface area contributed by atoms with Crippen molar-refractivity contribution in [1.29, 1.82) is 0 Å². The summed E-state index contributed by atoms with van der Waals surface area (Å²) in [6, 6.07) is 25.4. The molecule has 5 rings (SSSR count). The van der Waals surface area contributed by atoms with Crippen LogP contribution < -0.4 is 0 Å². The standard InChI is InChI=1S/C21H13BrN2/c22-16-8-5-15(6-9-16)19-13-24-20-11-7-14-3-1-2-4-17(14)18(20)10-12-21(24)23-19/h1-13H. The monoisotopic (exact) mass is 372 g/mol. The van der Waals surface area contributed by atoms with Gasteiger partial charge in [-0.15, -0.1) is 0 Å². The first-order valence-electron chi connectivity index (χ1n) is 7.85. The molecule has 0 saturated heterocycles. The summed E-state index contributed by atoms with van der Waals surface area (Å²) in [7, 11) is 0. The smallest absolute Gasteiger partial charge is 0.137 e.